The number of rotatable bonds is 1. The van der Waals surface area contributed by atoms with E-state index >= 15 is 0 Å². The molecule has 0 spiro atoms. The molecule has 1 heterocycles. The second-order valence-corrected chi connectivity index (χ2v) is 6.92. The lowest BCUT2D eigenvalue weighted by Gasteiger charge is -2.26. The van der Waals surface area contributed by atoms with Crippen LogP contribution in [0.4, 0.5) is 0 Å². The van der Waals surface area contributed by atoms with Gasteiger partial charge in [-0.25, -0.2) is 0 Å². The molecule has 1 aliphatic rings. The highest BCUT2D eigenvalue weighted by molar-refractivity contribution is 6.53. The quantitative estimate of drug-likeness (QED) is 0.530. The predicted molar refractivity (Wildman–Crippen MR) is 45.4 cm³/mol. The van der Waals surface area contributed by atoms with Gasteiger partial charge in [-0.05, 0) is 13.3 Å². The first-order valence-corrected chi connectivity index (χ1v) is 6.31. The van der Waals surface area contributed by atoms with E-state index in [0.29, 0.717) is 6.10 Å². The topological polar surface area (TPSA) is 9.23 Å². The van der Waals surface area contributed by atoms with E-state index < -0.39 is 14.5 Å². The molecule has 1 unspecified atom stereocenters. The maximum Gasteiger partial charge on any atom is 0.463 e. The summed E-state index contributed by atoms with van der Waals surface area (Å²) in [4.78, 5) is 0. The zero-order valence-electron chi connectivity index (χ0n) is 7.26. The van der Waals surface area contributed by atoms with Crippen molar-refractivity contribution in [2.24, 2.45) is 0 Å². The molecule has 2 heteroatoms. The summed E-state index contributed by atoms with van der Waals surface area (Å²) in [5.74, 6) is 0. The van der Waals surface area contributed by atoms with Gasteiger partial charge in [0, 0.05) is 6.10 Å². The highest BCUT2D eigenvalue weighted by Crippen LogP contribution is 2.24. The Morgan fingerprint density at radius 1 is 1.50 bits per heavy atom. The Morgan fingerprint density at radius 3 is 2.60 bits per heavy atom. The van der Waals surface area contributed by atoms with Gasteiger partial charge in [0.2, 0.25) is 0 Å². The molecule has 10 heavy (non-hydrogen) atoms. The fourth-order valence-electron chi connectivity index (χ4n) is 1.53. The molecule has 0 bridgehead atoms. The molecule has 0 saturated carbocycles. The van der Waals surface area contributed by atoms with Crippen molar-refractivity contribution >= 4 is 14.5 Å². The monoisotopic (exact) mass is 156 g/mol. The van der Waals surface area contributed by atoms with Crippen LogP contribution in [0.2, 0.25) is 10.1 Å². The lowest BCUT2D eigenvalue weighted by atomic mass is 10.2. The molecule has 0 amide bonds. The number of hydrogen-bond acceptors (Lipinski definition) is 1. The summed E-state index contributed by atoms with van der Waals surface area (Å²) < 4.78 is 6.72. The van der Waals surface area contributed by atoms with E-state index in [-0.39, 0.29) is 0 Å². The molecule has 0 aromatic carbocycles. The minimum absolute atomic E-state index is 0.563. The minimum Gasteiger partial charge on any atom is -0.498 e. The van der Waals surface area contributed by atoms with Gasteiger partial charge in [0.1, 0.15) is 0 Å². The molecule has 1 nitrogen and oxygen atoms in total. The van der Waals surface area contributed by atoms with Gasteiger partial charge in [-0.3, -0.25) is 0 Å². The summed E-state index contributed by atoms with van der Waals surface area (Å²) in [7, 11) is 0. The van der Waals surface area contributed by atoms with Crippen LogP contribution in [-0.4, -0.2) is 20.6 Å². The van der Waals surface area contributed by atoms with Crippen molar-refractivity contribution in [3.05, 3.63) is 0 Å². The summed E-state index contributed by atoms with van der Waals surface area (Å²) in [6, 6.07) is 0. The van der Waals surface area contributed by atoms with E-state index in [1.807, 2.05) is 0 Å². The van der Waals surface area contributed by atoms with E-state index in [2.05, 4.69) is 20.8 Å². The van der Waals surface area contributed by atoms with Crippen molar-refractivity contribution in [1.29, 1.82) is 0 Å². The predicted octanol–water partition coefficient (Wildman–Crippen LogP) is 2.59. The lowest BCUT2D eigenvalue weighted by Crippen LogP contribution is -2.31. The van der Waals surface area contributed by atoms with Crippen LogP contribution in [0.3, 0.4) is 0 Å². The van der Waals surface area contributed by atoms with E-state index in [9.17, 15) is 0 Å². The van der Waals surface area contributed by atoms with E-state index in [4.69, 9.17) is 3.79 Å². The van der Waals surface area contributed by atoms with Crippen molar-refractivity contribution in [1.82, 2.24) is 0 Å². The maximum atomic E-state index is 5.89. The van der Waals surface area contributed by atoms with Gasteiger partial charge in [-0.2, -0.15) is 0 Å². The van der Waals surface area contributed by atoms with Crippen molar-refractivity contribution in [2.45, 2.75) is 49.8 Å². The van der Waals surface area contributed by atoms with Gasteiger partial charge in [0.15, 0.2) is 0 Å². The molecular weight excluding hydrogens is 139 g/mol. The van der Waals surface area contributed by atoms with Crippen molar-refractivity contribution in [3.63, 3.8) is 0 Å². The first-order chi connectivity index (χ1) is 4.70. The molecule has 58 valence electrons. The standard InChI is InChI=1S/C5H10O.C3H7.Al/c1-3-4-5(2)6;1-3-2;/h5H,1,3-4H2,2H3;3H,1-2H3;/q-1;;+1. The molecule has 0 aliphatic carbocycles. The van der Waals surface area contributed by atoms with Gasteiger partial charge < -0.3 is 3.79 Å². The minimum atomic E-state index is -0.757. The molecule has 0 radical (unpaired) electrons. The third kappa shape index (κ3) is 2.27. The van der Waals surface area contributed by atoms with Crippen LogP contribution in [0.5, 0.6) is 0 Å². The smallest absolute Gasteiger partial charge is 0.463 e. The summed E-state index contributed by atoms with van der Waals surface area (Å²) >= 11 is -0.757. The normalized spacial score (nSPS) is 27.6. The van der Waals surface area contributed by atoms with E-state index in [0.717, 1.165) is 4.78 Å². The van der Waals surface area contributed by atoms with Crippen LogP contribution in [-0.2, 0) is 3.79 Å². The summed E-state index contributed by atoms with van der Waals surface area (Å²) in [5, 5.41) is 1.40. The Morgan fingerprint density at radius 2 is 2.20 bits per heavy atom. The average Bonchev–Trinajstić information content (AvgIpc) is 1.88. The van der Waals surface area contributed by atoms with Crippen LogP contribution < -0.4 is 0 Å². The van der Waals surface area contributed by atoms with E-state index in [1.165, 1.54) is 18.1 Å². The second kappa shape index (κ2) is 3.76. The van der Waals surface area contributed by atoms with Gasteiger partial charge in [-0.1, -0.05) is 30.3 Å². The van der Waals surface area contributed by atoms with Gasteiger partial charge in [0.05, 0.1) is 0 Å². The van der Waals surface area contributed by atoms with Crippen molar-refractivity contribution < 1.29 is 3.79 Å². The van der Waals surface area contributed by atoms with Crippen LogP contribution in [0.25, 0.3) is 0 Å². The Labute approximate surface area is 68.5 Å². The van der Waals surface area contributed by atoms with Crippen molar-refractivity contribution in [2.75, 3.05) is 0 Å². The Kier molecular flexibility index (Phi) is 3.23. The molecule has 1 rings (SSSR count). The molecule has 0 N–H and O–H groups in total. The van der Waals surface area contributed by atoms with Crippen molar-refractivity contribution in [3.8, 4) is 0 Å². The van der Waals surface area contributed by atoms with Crippen LogP contribution in [0, 0.1) is 0 Å². The van der Waals surface area contributed by atoms with Gasteiger partial charge in [0.25, 0.3) is 0 Å². The second-order valence-electron chi connectivity index (χ2n) is 3.66. The molecule has 1 aliphatic heterocycles. The molecule has 0 aromatic heterocycles. The first-order valence-electron chi connectivity index (χ1n) is 4.35. The summed E-state index contributed by atoms with van der Waals surface area (Å²) in [6.45, 7) is 6.81. The largest absolute Gasteiger partial charge is 0.498 e. The third-order valence-electron chi connectivity index (χ3n) is 2.25. The highest BCUT2D eigenvalue weighted by atomic mass is 27.2. The Bertz CT molecular complexity index is 103. The summed E-state index contributed by atoms with van der Waals surface area (Å²) in [6.07, 6.45) is 3.26. The SMILES string of the molecule is CC1CC[CH2][Al]([CH](C)C)[O]1. The molecule has 1 saturated heterocycles. The fraction of sp³-hybridized carbons (Fsp3) is 1.00. The lowest BCUT2D eigenvalue weighted by molar-refractivity contribution is 0.185. The maximum absolute atomic E-state index is 5.89. The van der Waals surface area contributed by atoms with Crippen LogP contribution in [0.15, 0.2) is 0 Å². The van der Waals surface area contributed by atoms with Gasteiger partial charge in [-0.15, -0.1) is 0 Å². The molecular formula is C8H17AlO. The van der Waals surface area contributed by atoms with Gasteiger partial charge >= 0.3 is 14.5 Å². The highest BCUT2D eigenvalue weighted by Gasteiger charge is 2.29. The molecule has 1 atom stereocenters. The zero-order chi connectivity index (χ0) is 7.56. The first kappa shape index (κ1) is 8.59. The van der Waals surface area contributed by atoms with Crippen LogP contribution in [0.1, 0.15) is 33.6 Å². The molecule has 1 fully saturated rings. The van der Waals surface area contributed by atoms with E-state index in [1.54, 1.807) is 0 Å². The molecule has 0 aromatic rings. The zero-order valence-corrected chi connectivity index (χ0v) is 8.42. The average molecular weight is 156 g/mol. The number of hydrogen-bond donors (Lipinski definition) is 0. The third-order valence-corrected chi connectivity index (χ3v) is 5.53. The Hall–Kier alpha value is 0.492. The fourth-order valence-corrected chi connectivity index (χ4v) is 4.02. The Balaban J connectivity index is 2.32. The summed E-state index contributed by atoms with van der Waals surface area (Å²) in [5.41, 5.74) is 0. The van der Waals surface area contributed by atoms with Crippen LogP contribution >= 0.6 is 0 Å².